The van der Waals surface area contributed by atoms with Gasteiger partial charge in [0, 0.05) is 0 Å². The predicted molar refractivity (Wildman–Crippen MR) is 82.9 cm³/mol. The van der Waals surface area contributed by atoms with Gasteiger partial charge in [0.2, 0.25) is 0 Å². The van der Waals surface area contributed by atoms with Gasteiger partial charge in [-0.25, -0.2) is 12.8 Å². The predicted octanol–water partition coefficient (Wildman–Crippen LogP) is 4.05. The molecule has 2 aromatic rings. The molecule has 0 fully saturated rings. The molecule has 1 N–H and O–H groups in total. The van der Waals surface area contributed by atoms with E-state index in [9.17, 15) is 12.8 Å². The van der Waals surface area contributed by atoms with Gasteiger partial charge in [0.05, 0.1) is 27.2 Å². The number of hydrogen-bond donors (Lipinski definition) is 1. The largest absolute Gasteiger partial charge is 0.496 e. The average molecular weight is 395 g/mol. The number of hydrogen-bond acceptors (Lipinski definition) is 3. The van der Waals surface area contributed by atoms with Gasteiger partial charge in [0.1, 0.15) is 11.6 Å². The van der Waals surface area contributed by atoms with E-state index in [0.29, 0.717) is 10.2 Å². The maximum Gasteiger partial charge on any atom is 0.261 e. The first-order valence-electron chi connectivity index (χ1n) is 5.65. The number of sulfonamides is 1. The molecular formula is C13H10BrClFNO3S. The Morgan fingerprint density at radius 3 is 2.52 bits per heavy atom. The number of anilines is 1. The van der Waals surface area contributed by atoms with E-state index in [0.717, 1.165) is 6.07 Å². The summed E-state index contributed by atoms with van der Waals surface area (Å²) in [5.74, 6) is -0.106. The third kappa shape index (κ3) is 3.66. The van der Waals surface area contributed by atoms with Crippen LogP contribution in [-0.4, -0.2) is 15.5 Å². The van der Waals surface area contributed by atoms with Crippen LogP contribution in [0.5, 0.6) is 5.75 Å². The summed E-state index contributed by atoms with van der Waals surface area (Å²) in [4.78, 5) is 0.0376. The molecule has 2 aromatic carbocycles. The zero-order valence-corrected chi connectivity index (χ0v) is 13.9. The highest BCUT2D eigenvalue weighted by molar-refractivity contribution is 9.10. The van der Waals surface area contributed by atoms with Crippen molar-refractivity contribution in [1.82, 2.24) is 0 Å². The lowest BCUT2D eigenvalue weighted by Crippen LogP contribution is -2.13. The van der Waals surface area contributed by atoms with Gasteiger partial charge in [-0.15, -0.1) is 0 Å². The molecule has 21 heavy (non-hydrogen) atoms. The fourth-order valence-electron chi connectivity index (χ4n) is 1.59. The molecule has 4 nitrogen and oxygen atoms in total. The molecule has 0 unspecified atom stereocenters. The molecule has 0 bridgehead atoms. The van der Waals surface area contributed by atoms with E-state index < -0.39 is 15.8 Å². The lowest BCUT2D eigenvalue weighted by atomic mass is 10.3. The summed E-state index contributed by atoms with van der Waals surface area (Å²) in [5.41, 5.74) is 0.174. The first-order chi connectivity index (χ1) is 9.83. The van der Waals surface area contributed by atoms with Gasteiger partial charge >= 0.3 is 0 Å². The number of nitrogens with one attached hydrogen (secondary N) is 1. The Balaban J connectivity index is 2.33. The van der Waals surface area contributed by atoms with Gasteiger partial charge in [-0.3, -0.25) is 4.72 Å². The highest BCUT2D eigenvalue weighted by Crippen LogP contribution is 2.28. The average Bonchev–Trinajstić information content (AvgIpc) is 2.42. The number of halogens is 3. The van der Waals surface area contributed by atoms with Gasteiger partial charge in [-0.2, -0.15) is 0 Å². The third-order valence-corrected chi connectivity index (χ3v) is 4.89. The molecule has 8 heteroatoms. The third-order valence-electron chi connectivity index (χ3n) is 2.61. The van der Waals surface area contributed by atoms with Crippen LogP contribution < -0.4 is 9.46 Å². The minimum absolute atomic E-state index is 0.0376. The summed E-state index contributed by atoms with van der Waals surface area (Å²) in [6.45, 7) is 0. The second-order valence-corrected chi connectivity index (χ2v) is 6.97. The zero-order valence-electron chi connectivity index (χ0n) is 10.7. The van der Waals surface area contributed by atoms with Crippen LogP contribution >= 0.6 is 27.5 Å². The molecule has 112 valence electrons. The Labute approximate surface area is 135 Å². The molecule has 0 heterocycles. The summed E-state index contributed by atoms with van der Waals surface area (Å²) >= 11 is 8.84. The summed E-state index contributed by atoms with van der Waals surface area (Å²) in [6, 6.07) is 7.91. The van der Waals surface area contributed by atoms with E-state index in [2.05, 4.69) is 20.7 Å². The number of rotatable bonds is 4. The van der Waals surface area contributed by atoms with Gasteiger partial charge < -0.3 is 4.74 Å². The van der Waals surface area contributed by atoms with Gasteiger partial charge in [0.25, 0.3) is 10.0 Å². The maximum atomic E-state index is 13.1. The normalized spacial score (nSPS) is 11.2. The molecule has 0 saturated carbocycles. The van der Waals surface area contributed by atoms with Crippen molar-refractivity contribution in [3.63, 3.8) is 0 Å². The first kappa shape index (κ1) is 16.1. The molecular weight excluding hydrogens is 385 g/mol. The van der Waals surface area contributed by atoms with E-state index in [4.69, 9.17) is 16.3 Å². The van der Waals surface area contributed by atoms with Crippen molar-refractivity contribution in [2.45, 2.75) is 4.90 Å². The molecule has 0 atom stereocenters. The Bertz CT molecular complexity index is 783. The lowest BCUT2D eigenvalue weighted by Gasteiger charge is -2.10. The second kappa shape index (κ2) is 6.21. The highest BCUT2D eigenvalue weighted by atomic mass is 79.9. The van der Waals surface area contributed by atoms with E-state index in [-0.39, 0.29) is 15.6 Å². The number of benzene rings is 2. The number of methoxy groups -OCH3 is 1. The number of ether oxygens (including phenoxy) is 1. The maximum absolute atomic E-state index is 13.1. The molecule has 0 amide bonds. The smallest absolute Gasteiger partial charge is 0.261 e. The topological polar surface area (TPSA) is 55.4 Å². The minimum atomic E-state index is -3.81. The molecule has 0 aliphatic carbocycles. The minimum Gasteiger partial charge on any atom is -0.496 e. The van der Waals surface area contributed by atoms with Crippen molar-refractivity contribution in [3.8, 4) is 5.75 Å². The second-order valence-electron chi connectivity index (χ2n) is 4.03. The van der Waals surface area contributed by atoms with Crippen LogP contribution in [-0.2, 0) is 10.0 Å². The van der Waals surface area contributed by atoms with Crippen molar-refractivity contribution >= 4 is 43.2 Å². The summed E-state index contributed by atoms with van der Waals surface area (Å²) in [7, 11) is -2.33. The summed E-state index contributed by atoms with van der Waals surface area (Å²) in [5, 5.41) is -0.161. The van der Waals surface area contributed by atoms with Crippen LogP contribution in [0.4, 0.5) is 10.1 Å². The molecule has 0 aliphatic rings. The lowest BCUT2D eigenvalue weighted by molar-refractivity contribution is 0.411. The van der Waals surface area contributed by atoms with Crippen LogP contribution in [0.15, 0.2) is 45.8 Å². The van der Waals surface area contributed by atoms with Crippen LogP contribution in [0.1, 0.15) is 0 Å². The van der Waals surface area contributed by atoms with E-state index >= 15 is 0 Å². The van der Waals surface area contributed by atoms with Crippen molar-refractivity contribution in [2.24, 2.45) is 0 Å². The van der Waals surface area contributed by atoms with Crippen LogP contribution in [0.25, 0.3) is 0 Å². The Morgan fingerprint density at radius 2 is 1.95 bits per heavy atom. The summed E-state index contributed by atoms with van der Waals surface area (Å²) in [6.07, 6.45) is 0. The van der Waals surface area contributed by atoms with Gasteiger partial charge in [0.15, 0.2) is 0 Å². The molecule has 0 aromatic heterocycles. The van der Waals surface area contributed by atoms with Gasteiger partial charge in [-0.05, 0) is 52.3 Å². The molecule has 2 rings (SSSR count). The van der Waals surface area contributed by atoms with Gasteiger partial charge in [-0.1, -0.05) is 11.6 Å². The van der Waals surface area contributed by atoms with E-state index in [1.54, 1.807) is 0 Å². The Kier molecular flexibility index (Phi) is 4.75. The van der Waals surface area contributed by atoms with Crippen molar-refractivity contribution in [3.05, 3.63) is 51.7 Å². The van der Waals surface area contributed by atoms with Crippen LogP contribution in [0.3, 0.4) is 0 Å². The molecule has 0 spiro atoms. The first-order valence-corrected chi connectivity index (χ1v) is 8.30. The van der Waals surface area contributed by atoms with Crippen molar-refractivity contribution < 1.29 is 17.5 Å². The zero-order chi connectivity index (χ0) is 15.6. The molecule has 0 radical (unpaired) electrons. The van der Waals surface area contributed by atoms with Crippen molar-refractivity contribution in [1.29, 1.82) is 0 Å². The van der Waals surface area contributed by atoms with Crippen LogP contribution in [0, 0.1) is 5.82 Å². The summed E-state index contributed by atoms with van der Waals surface area (Å²) < 4.78 is 45.4. The molecule has 0 saturated heterocycles. The fourth-order valence-corrected chi connectivity index (χ4v) is 3.54. The van der Waals surface area contributed by atoms with E-state index in [1.165, 1.54) is 37.4 Å². The standard InChI is InChI=1S/C13H10BrClFNO3S/c1-20-13-5-3-9(7-10(13)14)21(18,19)17-8-2-4-12(16)11(15)6-8/h2-7,17H,1H3. The Morgan fingerprint density at radius 1 is 1.24 bits per heavy atom. The SMILES string of the molecule is COc1ccc(S(=O)(=O)Nc2ccc(F)c(Cl)c2)cc1Br. The van der Waals surface area contributed by atoms with Crippen LogP contribution in [0.2, 0.25) is 5.02 Å². The monoisotopic (exact) mass is 393 g/mol. The van der Waals surface area contributed by atoms with E-state index in [1.807, 2.05) is 0 Å². The quantitative estimate of drug-likeness (QED) is 0.851. The Hall–Kier alpha value is -1.31. The van der Waals surface area contributed by atoms with Crippen molar-refractivity contribution in [2.75, 3.05) is 11.8 Å². The molecule has 0 aliphatic heterocycles. The highest BCUT2D eigenvalue weighted by Gasteiger charge is 2.16. The fraction of sp³-hybridized carbons (Fsp3) is 0.0769.